The van der Waals surface area contributed by atoms with E-state index in [1.807, 2.05) is 25.1 Å². The molecule has 0 bridgehead atoms. The quantitative estimate of drug-likeness (QED) is 0.712. The fourth-order valence-electron chi connectivity index (χ4n) is 3.04. The van der Waals surface area contributed by atoms with Crippen LogP contribution in [0.3, 0.4) is 0 Å². The summed E-state index contributed by atoms with van der Waals surface area (Å²) in [6.45, 7) is 10.4. The zero-order valence-electron chi connectivity index (χ0n) is 17.2. The third kappa shape index (κ3) is 4.66. The summed E-state index contributed by atoms with van der Waals surface area (Å²) < 4.78 is 16.6. The number of allylic oxidation sites excluding steroid dienone is 2. The Morgan fingerprint density at radius 3 is 2.68 bits per heavy atom. The van der Waals surface area contributed by atoms with E-state index in [0.29, 0.717) is 18.3 Å². The number of nitrogens with zero attached hydrogens (tertiary/aromatic N) is 1. The highest BCUT2D eigenvalue weighted by molar-refractivity contribution is 5.92. The minimum Gasteiger partial charge on any atom is -0.493 e. The summed E-state index contributed by atoms with van der Waals surface area (Å²) in [5.41, 5.74) is 8.12. The van der Waals surface area contributed by atoms with Crippen molar-refractivity contribution in [1.29, 1.82) is 5.26 Å². The maximum absolute atomic E-state index is 12.6. The van der Waals surface area contributed by atoms with Gasteiger partial charge >= 0.3 is 5.97 Å². The molecule has 1 unspecified atom stereocenters. The van der Waals surface area contributed by atoms with E-state index in [2.05, 4.69) is 19.9 Å². The smallest absolute Gasteiger partial charge is 0.338 e. The van der Waals surface area contributed by atoms with Crippen molar-refractivity contribution >= 4 is 5.97 Å². The van der Waals surface area contributed by atoms with Crippen molar-refractivity contribution in [3.8, 4) is 11.8 Å². The van der Waals surface area contributed by atoms with Gasteiger partial charge < -0.3 is 19.9 Å². The van der Waals surface area contributed by atoms with E-state index in [9.17, 15) is 10.1 Å². The minimum atomic E-state index is -0.661. The molecule has 0 spiro atoms. The molecule has 0 fully saturated rings. The van der Waals surface area contributed by atoms with Crippen molar-refractivity contribution in [2.75, 3.05) is 13.2 Å². The number of aryl methyl sites for hydroxylation is 1. The molecule has 0 radical (unpaired) electrons. The van der Waals surface area contributed by atoms with Crippen LogP contribution in [-0.2, 0) is 14.3 Å². The van der Waals surface area contributed by atoms with Gasteiger partial charge in [0.25, 0.3) is 0 Å². The van der Waals surface area contributed by atoms with E-state index >= 15 is 0 Å². The van der Waals surface area contributed by atoms with Crippen LogP contribution >= 0.6 is 0 Å². The zero-order valence-corrected chi connectivity index (χ0v) is 17.2. The molecule has 6 nitrogen and oxygen atoms in total. The average molecular weight is 384 g/mol. The summed E-state index contributed by atoms with van der Waals surface area (Å²) in [4.78, 5) is 12.6. The number of esters is 1. The molecule has 0 aromatic heterocycles. The third-order valence-electron chi connectivity index (χ3n) is 4.60. The van der Waals surface area contributed by atoms with Crippen LogP contribution in [0.15, 0.2) is 41.0 Å². The predicted molar refractivity (Wildman–Crippen MR) is 106 cm³/mol. The fourth-order valence-corrected chi connectivity index (χ4v) is 3.04. The van der Waals surface area contributed by atoms with Gasteiger partial charge in [-0.25, -0.2) is 4.79 Å². The monoisotopic (exact) mass is 384 g/mol. The predicted octanol–water partition coefficient (Wildman–Crippen LogP) is 4.06. The van der Waals surface area contributed by atoms with E-state index in [0.717, 1.165) is 23.3 Å². The number of nitriles is 1. The zero-order chi connectivity index (χ0) is 20.8. The Hall–Kier alpha value is -2.94. The van der Waals surface area contributed by atoms with Gasteiger partial charge in [0, 0.05) is 0 Å². The summed E-state index contributed by atoms with van der Waals surface area (Å²) in [5, 5.41) is 9.66. The molecular weight excluding hydrogens is 356 g/mol. The molecule has 1 atom stereocenters. The normalized spacial score (nSPS) is 16.7. The highest BCUT2D eigenvalue weighted by Gasteiger charge is 2.36. The highest BCUT2D eigenvalue weighted by atomic mass is 16.5. The van der Waals surface area contributed by atoms with Gasteiger partial charge in [-0.3, -0.25) is 0 Å². The van der Waals surface area contributed by atoms with Crippen molar-refractivity contribution in [1.82, 2.24) is 0 Å². The Kier molecular flexibility index (Phi) is 7.11. The van der Waals surface area contributed by atoms with Gasteiger partial charge in [-0.05, 0) is 50.3 Å². The standard InChI is InChI=1S/C22H28N2O4/c1-6-26-22(25)19-15(5)28-21(24)17(12-23)20(19)16-8-7-14(4)18(11-16)27-10-9-13(2)3/h7-8,11,13,20H,6,9-10,24H2,1-5H3. The lowest BCUT2D eigenvalue weighted by atomic mass is 9.82. The number of nitrogens with two attached hydrogens (primary N) is 1. The Balaban J connectivity index is 2.49. The van der Waals surface area contributed by atoms with Crippen molar-refractivity contribution < 1.29 is 19.0 Å². The van der Waals surface area contributed by atoms with Gasteiger partial charge in [-0.1, -0.05) is 26.0 Å². The van der Waals surface area contributed by atoms with Crippen LogP contribution in [0.1, 0.15) is 51.2 Å². The summed E-state index contributed by atoms with van der Waals surface area (Å²) in [6.07, 6.45) is 0.935. The first-order chi connectivity index (χ1) is 13.3. The SMILES string of the molecule is CCOC(=O)C1=C(C)OC(N)=C(C#N)C1c1ccc(C)c(OCCC(C)C)c1. The summed E-state index contributed by atoms with van der Waals surface area (Å²) in [5.74, 6) is 0.414. The van der Waals surface area contributed by atoms with E-state index in [4.69, 9.17) is 19.9 Å². The molecule has 1 heterocycles. The van der Waals surface area contributed by atoms with Gasteiger partial charge in [0.2, 0.25) is 5.88 Å². The van der Waals surface area contributed by atoms with Gasteiger partial charge in [0.15, 0.2) is 0 Å². The lowest BCUT2D eigenvalue weighted by molar-refractivity contribution is -0.139. The molecule has 1 aliphatic rings. The maximum atomic E-state index is 12.6. The molecule has 1 aromatic rings. The second kappa shape index (κ2) is 9.32. The fraction of sp³-hybridized carbons (Fsp3) is 0.455. The van der Waals surface area contributed by atoms with Crippen LogP contribution in [-0.4, -0.2) is 19.2 Å². The number of benzene rings is 1. The van der Waals surface area contributed by atoms with Gasteiger partial charge in [-0.15, -0.1) is 0 Å². The average Bonchev–Trinajstić information content (AvgIpc) is 2.62. The van der Waals surface area contributed by atoms with Gasteiger partial charge in [0.1, 0.15) is 23.2 Å². The molecule has 0 saturated carbocycles. The number of hydrogen-bond acceptors (Lipinski definition) is 6. The van der Waals surface area contributed by atoms with Crippen molar-refractivity contribution in [2.45, 2.75) is 47.0 Å². The van der Waals surface area contributed by atoms with E-state index in [1.54, 1.807) is 13.8 Å². The molecule has 2 N–H and O–H groups in total. The number of carbonyl (C=O) groups is 1. The number of hydrogen-bond donors (Lipinski definition) is 1. The number of rotatable bonds is 7. The van der Waals surface area contributed by atoms with Crippen LogP contribution in [0.2, 0.25) is 0 Å². The van der Waals surface area contributed by atoms with Crippen LogP contribution in [0, 0.1) is 24.2 Å². The van der Waals surface area contributed by atoms with Crippen molar-refractivity contribution in [3.05, 3.63) is 52.1 Å². The Morgan fingerprint density at radius 2 is 2.07 bits per heavy atom. The molecule has 1 aromatic carbocycles. The Morgan fingerprint density at radius 1 is 1.36 bits per heavy atom. The van der Waals surface area contributed by atoms with Crippen molar-refractivity contribution in [2.24, 2.45) is 11.7 Å². The summed E-state index contributed by atoms with van der Waals surface area (Å²) in [6, 6.07) is 7.74. The maximum Gasteiger partial charge on any atom is 0.338 e. The second-order valence-corrected chi connectivity index (χ2v) is 7.17. The van der Waals surface area contributed by atoms with E-state index in [1.165, 1.54) is 0 Å². The van der Waals surface area contributed by atoms with Crippen LogP contribution < -0.4 is 10.5 Å². The molecule has 1 aliphatic heterocycles. The minimum absolute atomic E-state index is 0.000833. The first-order valence-corrected chi connectivity index (χ1v) is 9.48. The van der Waals surface area contributed by atoms with Crippen LogP contribution in [0.25, 0.3) is 0 Å². The molecule has 2 rings (SSSR count). The van der Waals surface area contributed by atoms with Crippen LogP contribution in [0.4, 0.5) is 0 Å². The van der Waals surface area contributed by atoms with Gasteiger partial charge in [0.05, 0.1) is 24.7 Å². The molecule has 28 heavy (non-hydrogen) atoms. The first kappa shape index (κ1) is 21.4. The topological polar surface area (TPSA) is 94.6 Å². The molecule has 0 amide bonds. The molecule has 6 heteroatoms. The molecule has 0 saturated heterocycles. The van der Waals surface area contributed by atoms with Crippen molar-refractivity contribution in [3.63, 3.8) is 0 Å². The lowest BCUT2D eigenvalue weighted by Crippen LogP contribution is -2.25. The van der Waals surface area contributed by atoms with E-state index < -0.39 is 11.9 Å². The Bertz CT molecular complexity index is 847. The summed E-state index contributed by atoms with van der Waals surface area (Å²) >= 11 is 0. The molecule has 0 aliphatic carbocycles. The third-order valence-corrected chi connectivity index (χ3v) is 4.60. The summed E-state index contributed by atoms with van der Waals surface area (Å²) in [7, 11) is 0. The first-order valence-electron chi connectivity index (χ1n) is 9.48. The number of carbonyl (C=O) groups excluding carboxylic acids is 1. The van der Waals surface area contributed by atoms with Gasteiger partial charge in [-0.2, -0.15) is 5.26 Å². The van der Waals surface area contributed by atoms with E-state index in [-0.39, 0.29) is 23.6 Å². The van der Waals surface area contributed by atoms with Crippen LogP contribution in [0.5, 0.6) is 5.75 Å². The Labute approximate surface area is 166 Å². The highest BCUT2D eigenvalue weighted by Crippen LogP contribution is 2.41. The number of ether oxygens (including phenoxy) is 3. The lowest BCUT2D eigenvalue weighted by Gasteiger charge is -2.27. The second-order valence-electron chi connectivity index (χ2n) is 7.17. The molecule has 150 valence electrons. The molecular formula is C22H28N2O4. The largest absolute Gasteiger partial charge is 0.493 e.